The van der Waals surface area contributed by atoms with Crippen LogP contribution in [-0.4, -0.2) is 30.8 Å². The number of carbonyl (C=O) groups is 2. The van der Waals surface area contributed by atoms with Crippen molar-refractivity contribution >= 4 is 12.0 Å². The number of rotatable bonds is 5. The molecule has 0 bridgehead atoms. The van der Waals surface area contributed by atoms with E-state index in [4.69, 9.17) is 9.47 Å². The quantitative estimate of drug-likeness (QED) is 0.842. The molecule has 1 aromatic rings. The monoisotopic (exact) mass is 362 g/mol. The van der Waals surface area contributed by atoms with Crippen molar-refractivity contribution in [3.63, 3.8) is 0 Å². The molecule has 144 valence electrons. The van der Waals surface area contributed by atoms with Gasteiger partial charge in [-0.05, 0) is 57.7 Å². The van der Waals surface area contributed by atoms with E-state index in [0.29, 0.717) is 13.0 Å². The number of hydrogen-bond donors (Lipinski definition) is 2. The molecule has 0 saturated heterocycles. The number of alkyl carbamates (subject to hydrolysis) is 1. The Kier molecular flexibility index (Phi) is 6.89. The molecule has 2 rings (SSSR count). The minimum absolute atomic E-state index is 0.0182. The lowest BCUT2D eigenvalue weighted by atomic mass is 9.85. The van der Waals surface area contributed by atoms with E-state index in [9.17, 15) is 9.59 Å². The number of nitrogens with one attached hydrogen (secondary N) is 2. The molecule has 2 atom stereocenters. The summed E-state index contributed by atoms with van der Waals surface area (Å²) in [7, 11) is 1.63. The molecule has 1 aliphatic carbocycles. The highest BCUT2D eigenvalue weighted by Gasteiger charge is 2.29. The Morgan fingerprint density at radius 2 is 1.85 bits per heavy atom. The molecule has 6 heteroatoms. The topological polar surface area (TPSA) is 76.7 Å². The average molecular weight is 362 g/mol. The van der Waals surface area contributed by atoms with Crippen molar-refractivity contribution in [2.45, 2.75) is 64.6 Å². The van der Waals surface area contributed by atoms with Gasteiger partial charge in [0.25, 0.3) is 0 Å². The van der Waals surface area contributed by atoms with Crippen LogP contribution < -0.4 is 15.4 Å². The van der Waals surface area contributed by atoms with Gasteiger partial charge in [-0.3, -0.25) is 4.79 Å². The van der Waals surface area contributed by atoms with Gasteiger partial charge in [0.15, 0.2) is 0 Å². The highest BCUT2D eigenvalue weighted by Crippen LogP contribution is 2.25. The maximum absolute atomic E-state index is 12.5. The number of ether oxygens (including phenoxy) is 2. The van der Waals surface area contributed by atoms with Gasteiger partial charge in [-0.1, -0.05) is 18.6 Å². The zero-order chi connectivity index (χ0) is 19.2. The highest BCUT2D eigenvalue weighted by molar-refractivity contribution is 5.79. The Balaban J connectivity index is 1.80. The molecule has 0 aliphatic heterocycles. The number of carbonyl (C=O) groups excluding carboxylic acids is 2. The Bertz CT molecular complexity index is 607. The summed E-state index contributed by atoms with van der Waals surface area (Å²) in [5, 5.41) is 5.89. The largest absolute Gasteiger partial charge is 0.497 e. The predicted octanol–water partition coefficient (Wildman–Crippen LogP) is 3.39. The van der Waals surface area contributed by atoms with Crippen LogP contribution in [0.5, 0.6) is 5.75 Å². The zero-order valence-electron chi connectivity index (χ0n) is 16.1. The number of hydrogen-bond acceptors (Lipinski definition) is 4. The van der Waals surface area contributed by atoms with E-state index in [0.717, 1.165) is 30.6 Å². The minimum Gasteiger partial charge on any atom is -0.497 e. The second-order valence-electron chi connectivity index (χ2n) is 7.77. The molecular formula is C20H30N2O4. The van der Waals surface area contributed by atoms with Crippen LogP contribution in [0.1, 0.15) is 52.0 Å². The summed E-state index contributed by atoms with van der Waals surface area (Å²) in [6.07, 6.45) is 2.87. The molecule has 2 N–H and O–H groups in total. The summed E-state index contributed by atoms with van der Waals surface area (Å²) in [6.45, 7) is 6.00. The first kappa shape index (κ1) is 20.1. The van der Waals surface area contributed by atoms with Crippen LogP contribution in [0.4, 0.5) is 4.79 Å². The van der Waals surface area contributed by atoms with Gasteiger partial charge in [0.1, 0.15) is 11.4 Å². The summed E-state index contributed by atoms with van der Waals surface area (Å²) in [5.74, 6) is 0.752. The third-order valence-electron chi connectivity index (χ3n) is 4.39. The molecule has 0 spiro atoms. The molecule has 6 nitrogen and oxygen atoms in total. The van der Waals surface area contributed by atoms with Crippen LogP contribution in [-0.2, 0) is 16.1 Å². The molecule has 1 aliphatic rings. The number of benzene rings is 1. The maximum atomic E-state index is 12.5. The summed E-state index contributed by atoms with van der Waals surface area (Å²) >= 11 is 0. The number of methoxy groups -OCH3 is 1. The SMILES string of the molecule is COc1ccc(CNC(=O)[C@H]2CCC[C@@H](NC(=O)OC(C)(C)C)C2)cc1. The molecule has 0 heterocycles. The first-order chi connectivity index (χ1) is 12.3. The van der Waals surface area contributed by atoms with Gasteiger partial charge in [-0.15, -0.1) is 0 Å². The lowest BCUT2D eigenvalue weighted by molar-refractivity contribution is -0.126. The van der Waals surface area contributed by atoms with Crippen molar-refractivity contribution in [3.05, 3.63) is 29.8 Å². The van der Waals surface area contributed by atoms with Gasteiger partial charge in [0.05, 0.1) is 7.11 Å². The fourth-order valence-corrected chi connectivity index (χ4v) is 3.11. The van der Waals surface area contributed by atoms with Gasteiger partial charge in [0.2, 0.25) is 5.91 Å². The molecule has 0 aromatic heterocycles. The van der Waals surface area contributed by atoms with Gasteiger partial charge in [-0.2, -0.15) is 0 Å². The Morgan fingerprint density at radius 1 is 1.15 bits per heavy atom. The average Bonchev–Trinajstić information content (AvgIpc) is 2.58. The van der Waals surface area contributed by atoms with Gasteiger partial charge in [0, 0.05) is 18.5 Å². The van der Waals surface area contributed by atoms with Crippen LogP contribution in [0.2, 0.25) is 0 Å². The first-order valence-electron chi connectivity index (χ1n) is 9.17. The smallest absolute Gasteiger partial charge is 0.407 e. The van der Waals surface area contributed by atoms with Crippen LogP contribution in [0.25, 0.3) is 0 Å². The van der Waals surface area contributed by atoms with Crippen LogP contribution >= 0.6 is 0 Å². The number of amides is 2. The molecule has 1 saturated carbocycles. The summed E-state index contributed by atoms with van der Waals surface area (Å²) in [5.41, 5.74) is 0.506. The van der Waals surface area contributed by atoms with E-state index in [1.54, 1.807) is 7.11 Å². The molecular weight excluding hydrogens is 332 g/mol. The molecule has 0 unspecified atom stereocenters. The fraction of sp³-hybridized carbons (Fsp3) is 0.600. The Labute approximate surface area is 155 Å². The van der Waals surface area contributed by atoms with Crippen molar-refractivity contribution in [1.29, 1.82) is 0 Å². The second kappa shape index (κ2) is 8.92. The van der Waals surface area contributed by atoms with E-state index in [1.165, 1.54) is 0 Å². The Morgan fingerprint density at radius 3 is 2.46 bits per heavy atom. The van der Waals surface area contributed by atoms with E-state index in [1.807, 2.05) is 45.0 Å². The van der Waals surface area contributed by atoms with E-state index >= 15 is 0 Å². The zero-order valence-corrected chi connectivity index (χ0v) is 16.1. The third kappa shape index (κ3) is 6.58. The molecule has 0 radical (unpaired) electrons. The standard InChI is InChI=1S/C20H30N2O4/c1-20(2,3)26-19(24)22-16-7-5-6-15(12-16)18(23)21-13-14-8-10-17(25-4)11-9-14/h8-11,15-16H,5-7,12-13H2,1-4H3,(H,21,23)(H,22,24)/t15-,16+/m0/s1. The first-order valence-corrected chi connectivity index (χ1v) is 9.17. The van der Waals surface area contributed by atoms with Crippen molar-refractivity contribution in [1.82, 2.24) is 10.6 Å². The lowest BCUT2D eigenvalue weighted by Crippen LogP contribution is -2.44. The van der Waals surface area contributed by atoms with Crippen LogP contribution in [0.3, 0.4) is 0 Å². The highest BCUT2D eigenvalue weighted by atomic mass is 16.6. The van der Waals surface area contributed by atoms with E-state index < -0.39 is 11.7 Å². The summed E-state index contributed by atoms with van der Waals surface area (Å²) < 4.78 is 10.4. The van der Waals surface area contributed by atoms with Crippen molar-refractivity contribution in [2.75, 3.05) is 7.11 Å². The molecule has 1 aromatic carbocycles. The predicted molar refractivity (Wildman–Crippen MR) is 100.0 cm³/mol. The second-order valence-corrected chi connectivity index (χ2v) is 7.77. The summed E-state index contributed by atoms with van der Waals surface area (Å²) in [6, 6.07) is 7.61. The van der Waals surface area contributed by atoms with Gasteiger partial charge in [-0.25, -0.2) is 4.79 Å². The van der Waals surface area contributed by atoms with Crippen molar-refractivity contribution in [2.24, 2.45) is 5.92 Å². The van der Waals surface area contributed by atoms with E-state index in [-0.39, 0.29) is 17.9 Å². The van der Waals surface area contributed by atoms with Gasteiger partial charge < -0.3 is 20.1 Å². The Hall–Kier alpha value is -2.24. The van der Waals surface area contributed by atoms with Crippen LogP contribution in [0, 0.1) is 5.92 Å². The molecule has 1 fully saturated rings. The van der Waals surface area contributed by atoms with Crippen LogP contribution in [0.15, 0.2) is 24.3 Å². The minimum atomic E-state index is -0.520. The van der Waals surface area contributed by atoms with Crippen molar-refractivity contribution < 1.29 is 19.1 Å². The third-order valence-corrected chi connectivity index (χ3v) is 4.39. The van der Waals surface area contributed by atoms with Crippen molar-refractivity contribution in [3.8, 4) is 5.75 Å². The van der Waals surface area contributed by atoms with E-state index in [2.05, 4.69) is 10.6 Å². The van der Waals surface area contributed by atoms with Gasteiger partial charge >= 0.3 is 6.09 Å². The summed E-state index contributed by atoms with van der Waals surface area (Å²) in [4.78, 5) is 24.4. The lowest BCUT2D eigenvalue weighted by Gasteiger charge is -2.30. The maximum Gasteiger partial charge on any atom is 0.407 e. The normalized spacial score (nSPS) is 20.2. The molecule has 2 amide bonds. The fourth-order valence-electron chi connectivity index (χ4n) is 3.11. The molecule has 26 heavy (non-hydrogen) atoms.